The molecule has 5 amide bonds. The lowest BCUT2D eigenvalue weighted by Gasteiger charge is -2.27. The molecule has 2 aliphatic rings. The molecule has 0 spiro atoms. The Hall–Kier alpha value is -7.17. The van der Waals surface area contributed by atoms with Crippen molar-refractivity contribution in [3.63, 3.8) is 0 Å². The molecule has 2 aliphatic heterocycles. The van der Waals surface area contributed by atoms with Gasteiger partial charge in [-0.3, -0.25) is 44.3 Å². The van der Waals surface area contributed by atoms with Gasteiger partial charge in [-0.2, -0.15) is 0 Å². The second kappa shape index (κ2) is 13.2. The molecule has 2 aromatic heterocycles. The molecule has 0 aliphatic carbocycles. The summed E-state index contributed by atoms with van der Waals surface area (Å²) in [5.74, 6) is -4.44. The van der Waals surface area contributed by atoms with Crippen molar-refractivity contribution in [1.29, 1.82) is 0 Å². The standard InChI is InChI=1S/C36H22F3N5O9/c37-36(38,39)53-30-17-19(21-15-26(18-3-7-22(8-4-18)44(50)51)40-27(16-21)29-2-1-13-52-29)6-10-25(30)41-32(46)20-5-9-23-24(14-20)35(49)43(34(23)48)28-11-12-31(45)42-33(28)47/h1-10,13-17,28H,11-12H2,(H,41,46)(H,42,45,47). The van der Waals surface area contributed by atoms with Crippen molar-refractivity contribution in [1.82, 2.24) is 15.2 Å². The number of halogens is 3. The molecule has 0 radical (unpaired) electrons. The van der Waals surface area contributed by atoms with Crippen LogP contribution in [0.5, 0.6) is 5.75 Å². The van der Waals surface area contributed by atoms with Crippen LogP contribution in [0.1, 0.15) is 43.9 Å². The summed E-state index contributed by atoms with van der Waals surface area (Å²) in [5, 5.41) is 15.6. The maximum Gasteiger partial charge on any atom is 0.573 e. The van der Waals surface area contributed by atoms with E-state index in [0.29, 0.717) is 33.2 Å². The summed E-state index contributed by atoms with van der Waals surface area (Å²) in [7, 11) is 0. The average molecular weight is 726 g/mol. The number of nitrogens with zero attached hydrogens (tertiary/aromatic N) is 3. The summed E-state index contributed by atoms with van der Waals surface area (Å²) < 4.78 is 50.8. The summed E-state index contributed by atoms with van der Waals surface area (Å²) >= 11 is 0. The molecular formula is C36H22F3N5O9. The van der Waals surface area contributed by atoms with E-state index in [1.165, 1.54) is 54.8 Å². The Balaban J connectivity index is 1.20. The van der Waals surface area contributed by atoms with Gasteiger partial charge in [-0.05, 0) is 84.3 Å². The van der Waals surface area contributed by atoms with Crippen molar-refractivity contribution < 1.29 is 51.2 Å². The van der Waals surface area contributed by atoms with Gasteiger partial charge in [-0.1, -0.05) is 6.07 Å². The molecule has 0 saturated carbocycles. The first-order chi connectivity index (χ1) is 25.3. The molecule has 5 aromatic rings. The molecule has 17 heteroatoms. The smallest absolute Gasteiger partial charge is 0.463 e. The number of hydrogen-bond acceptors (Lipinski definition) is 10. The summed E-state index contributed by atoms with van der Waals surface area (Å²) in [6.07, 6.45) is -3.94. The maximum atomic E-state index is 13.7. The van der Waals surface area contributed by atoms with Crippen LogP contribution in [0.15, 0.2) is 95.6 Å². The van der Waals surface area contributed by atoms with Gasteiger partial charge in [0.2, 0.25) is 11.8 Å². The van der Waals surface area contributed by atoms with Crippen LogP contribution in [0, 0.1) is 10.1 Å². The summed E-state index contributed by atoms with van der Waals surface area (Å²) in [6, 6.07) is 17.7. The number of fused-ring (bicyclic) bond motifs is 1. The largest absolute Gasteiger partial charge is 0.573 e. The van der Waals surface area contributed by atoms with E-state index < -0.39 is 52.6 Å². The quantitative estimate of drug-likeness (QED) is 0.107. The van der Waals surface area contributed by atoms with Gasteiger partial charge in [0.05, 0.1) is 33.7 Å². The Morgan fingerprint density at radius 2 is 1.62 bits per heavy atom. The molecule has 4 heterocycles. The lowest BCUT2D eigenvalue weighted by Crippen LogP contribution is -2.54. The number of benzene rings is 3. The van der Waals surface area contributed by atoms with Gasteiger partial charge in [0, 0.05) is 29.7 Å². The number of carbonyl (C=O) groups is 5. The molecule has 3 aromatic carbocycles. The van der Waals surface area contributed by atoms with E-state index in [0.717, 1.165) is 12.1 Å². The summed E-state index contributed by atoms with van der Waals surface area (Å²) in [5.41, 5.74) is 0.611. The highest BCUT2D eigenvalue weighted by Gasteiger charge is 2.45. The minimum absolute atomic E-state index is 0.0799. The minimum atomic E-state index is -5.18. The SMILES string of the molecule is O=C1CCC(N2C(=O)c3ccc(C(=O)Nc4ccc(-c5cc(-c6ccc([N+](=O)[O-])cc6)nc(-c6ccco6)c5)cc4OC(F)(F)F)cc3C2=O)C(=O)N1. The third kappa shape index (κ3) is 6.82. The predicted molar refractivity (Wildman–Crippen MR) is 177 cm³/mol. The molecule has 7 rings (SSSR count). The van der Waals surface area contributed by atoms with Crippen LogP contribution in [0.4, 0.5) is 24.5 Å². The highest BCUT2D eigenvalue weighted by Crippen LogP contribution is 2.38. The van der Waals surface area contributed by atoms with Crippen molar-refractivity contribution in [2.45, 2.75) is 25.2 Å². The molecule has 2 N–H and O–H groups in total. The predicted octanol–water partition coefficient (Wildman–Crippen LogP) is 6.14. The molecule has 1 saturated heterocycles. The first-order valence-electron chi connectivity index (χ1n) is 15.6. The lowest BCUT2D eigenvalue weighted by atomic mass is 10.0. The number of carbonyl (C=O) groups excluding carboxylic acids is 5. The second-order valence-corrected chi connectivity index (χ2v) is 11.8. The number of amides is 5. The summed E-state index contributed by atoms with van der Waals surface area (Å²) in [4.78, 5) is 79.5. The van der Waals surface area contributed by atoms with E-state index in [4.69, 9.17) is 4.42 Å². The van der Waals surface area contributed by atoms with E-state index in [-0.39, 0.29) is 46.5 Å². The molecular weight excluding hydrogens is 703 g/mol. The highest BCUT2D eigenvalue weighted by atomic mass is 19.4. The Kier molecular flexibility index (Phi) is 8.53. The van der Waals surface area contributed by atoms with Gasteiger partial charge in [-0.15, -0.1) is 13.2 Å². The number of non-ortho nitro benzene ring substituents is 1. The molecule has 1 unspecified atom stereocenters. The normalized spacial score (nSPS) is 15.6. The van der Waals surface area contributed by atoms with Crippen molar-refractivity contribution >= 4 is 40.9 Å². The number of nitrogens with one attached hydrogen (secondary N) is 2. The Labute approximate surface area is 295 Å². The minimum Gasteiger partial charge on any atom is -0.463 e. The number of hydrogen-bond donors (Lipinski definition) is 2. The Bertz CT molecular complexity index is 2360. The van der Waals surface area contributed by atoms with Crippen molar-refractivity contribution in [3.8, 4) is 39.6 Å². The number of anilines is 1. The number of nitro benzene ring substituents is 1. The zero-order chi connectivity index (χ0) is 37.6. The van der Waals surface area contributed by atoms with Crippen LogP contribution in [0.3, 0.4) is 0 Å². The molecule has 0 bridgehead atoms. The number of rotatable bonds is 8. The zero-order valence-corrected chi connectivity index (χ0v) is 26.8. The fourth-order valence-electron chi connectivity index (χ4n) is 5.97. The van der Waals surface area contributed by atoms with Gasteiger partial charge in [0.15, 0.2) is 11.5 Å². The van der Waals surface area contributed by atoms with Crippen molar-refractivity contribution in [2.24, 2.45) is 0 Å². The first kappa shape index (κ1) is 34.3. The van der Waals surface area contributed by atoms with Gasteiger partial charge >= 0.3 is 6.36 Å². The number of imide groups is 2. The molecule has 53 heavy (non-hydrogen) atoms. The number of furan rings is 1. The number of piperidine rings is 1. The average Bonchev–Trinajstić information content (AvgIpc) is 3.75. The summed E-state index contributed by atoms with van der Waals surface area (Å²) in [6.45, 7) is 0. The van der Waals surface area contributed by atoms with E-state index in [2.05, 4.69) is 20.4 Å². The van der Waals surface area contributed by atoms with E-state index >= 15 is 0 Å². The molecule has 14 nitrogen and oxygen atoms in total. The molecule has 1 fully saturated rings. The van der Waals surface area contributed by atoms with Crippen LogP contribution in [0.25, 0.3) is 33.8 Å². The fraction of sp³-hybridized carbons (Fsp3) is 0.111. The molecule has 1 atom stereocenters. The monoisotopic (exact) mass is 725 g/mol. The van der Waals surface area contributed by atoms with Crippen LogP contribution >= 0.6 is 0 Å². The van der Waals surface area contributed by atoms with Crippen molar-refractivity contribution in [2.75, 3.05) is 5.32 Å². The number of pyridine rings is 1. The van der Waals surface area contributed by atoms with E-state index in [1.54, 1.807) is 24.3 Å². The third-order valence-corrected chi connectivity index (χ3v) is 8.46. The van der Waals surface area contributed by atoms with Crippen molar-refractivity contribution in [3.05, 3.63) is 118 Å². The fourth-order valence-corrected chi connectivity index (χ4v) is 5.97. The van der Waals surface area contributed by atoms with Gasteiger partial charge in [0.25, 0.3) is 23.4 Å². The number of alkyl halides is 3. The van der Waals surface area contributed by atoms with Crippen LogP contribution < -0.4 is 15.4 Å². The van der Waals surface area contributed by atoms with Gasteiger partial charge in [0.1, 0.15) is 11.7 Å². The first-order valence-corrected chi connectivity index (χ1v) is 15.6. The highest BCUT2D eigenvalue weighted by molar-refractivity contribution is 6.24. The zero-order valence-electron chi connectivity index (χ0n) is 26.8. The van der Waals surface area contributed by atoms with Crippen LogP contribution in [-0.4, -0.2) is 56.7 Å². The number of ether oxygens (including phenoxy) is 1. The topological polar surface area (TPSA) is 191 Å². The second-order valence-electron chi connectivity index (χ2n) is 11.8. The Morgan fingerprint density at radius 1 is 0.906 bits per heavy atom. The van der Waals surface area contributed by atoms with Crippen LogP contribution in [-0.2, 0) is 9.59 Å². The maximum absolute atomic E-state index is 13.7. The third-order valence-electron chi connectivity index (χ3n) is 8.46. The number of aromatic nitrogens is 1. The van der Waals surface area contributed by atoms with Gasteiger partial charge in [-0.25, -0.2) is 4.98 Å². The Morgan fingerprint density at radius 3 is 2.30 bits per heavy atom. The lowest BCUT2D eigenvalue weighted by molar-refractivity contribution is -0.384. The van der Waals surface area contributed by atoms with E-state index in [1.807, 2.05) is 0 Å². The van der Waals surface area contributed by atoms with E-state index in [9.17, 15) is 47.3 Å². The van der Waals surface area contributed by atoms with Crippen LogP contribution in [0.2, 0.25) is 0 Å². The number of nitro groups is 1. The van der Waals surface area contributed by atoms with Gasteiger partial charge < -0.3 is 14.5 Å². The molecule has 266 valence electrons.